The van der Waals surface area contributed by atoms with Gasteiger partial charge in [0.1, 0.15) is 0 Å². The molecule has 0 amide bonds. The van der Waals surface area contributed by atoms with Crippen molar-refractivity contribution in [3.63, 3.8) is 0 Å². The van der Waals surface area contributed by atoms with Crippen molar-refractivity contribution in [2.24, 2.45) is 10.8 Å². The first-order valence-electron chi connectivity index (χ1n) is 5.73. The molecule has 0 aromatic rings. The maximum atomic E-state index is 3.15. The summed E-state index contributed by atoms with van der Waals surface area (Å²) in [5.41, 5.74) is 1.04. The van der Waals surface area contributed by atoms with Crippen LogP contribution < -0.4 is 0 Å². The second-order valence-corrected chi connectivity index (χ2v) is 16.8. The van der Waals surface area contributed by atoms with E-state index in [4.69, 9.17) is 0 Å². The van der Waals surface area contributed by atoms with E-state index in [9.17, 15) is 0 Å². The first-order chi connectivity index (χ1) is 7.62. The average Bonchev–Trinajstić information content (AvgIpc) is 2.09. The van der Waals surface area contributed by atoms with Crippen LogP contribution >= 0.6 is 44.4 Å². The Balaban J connectivity index is 0. The van der Waals surface area contributed by atoms with Crippen LogP contribution in [0, 0.1) is 17.0 Å². The Morgan fingerprint density at radius 2 is 1.35 bits per heavy atom. The third-order valence-electron chi connectivity index (χ3n) is 1.68. The SMILES string of the molecule is CC(C)(C)CP[CH-]CPCC(C)(C)C.[Br][Ru][Br]. The molecule has 0 bridgehead atoms. The number of hydrogen-bond acceptors (Lipinski definition) is 0. The molecule has 0 rings (SSSR count). The van der Waals surface area contributed by atoms with Crippen molar-refractivity contribution < 1.29 is 13.2 Å². The van der Waals surface area contributed by atoms with Gasteiger partial charge in [0, 0.05) is 0 Å². The minimum atomic E-state index is 0.335. The van der Waals surface area contributed by atoms with Crippen molar-refractivity contribution in [3.05, 3.63) is 6.16 Å². The average molecular weight is 494 g/mol. The summed E-state index contributed by atoms with van der Waals surface area (Å²) in [5.74, 6) is 0. The molecule has 0 aliphatic rings. The van der Waals surface area contributed by atoms with E-state index in [1.807, 2.05) is 0 Å². The summed E-state index contributed by atoms with van der Waals surface area (Å²) in [6.07, 6.45) is 6.58. The fourth-order valence-corrected chi connectivity index (χ4v) is 3.78. The Labute approximate surface area is 134 Å². The maximum absolute atomic E-state index is 3.15. The van der Waals surface area contributed by atoms with Crippen molar-refractivity contribution in [1.82, 2.24) is 0 Å². The van der Waals surface area contributed by atoms with Gasteiger partial charge in [-0.25, -0.2) is 0 Å². The van der Waals surface area contributed by atoms with Gasteiger partial charge in [-0.1, -0.05) is 47.7 Å². The molecule has 5 heteroatoms. The van der Waals surface area contributed by atoms with Gasteiger partial charge in [0.2, 0.25) is 0 Å². The van der Waals surface area contributed by atoms with Gasteiger partial charge in [0.05, 0.1) is 0 Å². The van der Waals surface area contributed by atoms with Crippen LogP contribution in [-0.4, -0.2) is 18.5 Å². The van der Waals surface area contributed by atoms with Gasteiger partial charge < -0.3 is 6.16 Å². The molecule has 0 nitrogen and oxygen atoms in total. The topological polar surface area (TPSA) is 0 Å². The van der Waals surface area contributed by atoms with Crippen LogP contribution in [0.3, 0.4) is 0 Å². The van der Waals surface area contributed by atoms with Gasteiger partial charge in [-0.3, -0.25) is 8.58 Å². The minimum absolute atomic E-state index is 0.335. The Bertz CT molecular complexity index is 147. The summed E-state index contributed by atoms with van der Waals surface area (Å²) in [6, 6.07) is 0. The zero-order valence-corrected chi connectivity index (χ0v) is 18.7. The first-order valence-corrected chi connectivity index (χ1v) is 16.4. The van der Waals surface area contributed by atoms with Crippen molar-refractivity contribution in [3.8, 4) is 0 Å². The normalized spacial score (nSPS) is 13.6. The van der Waals surface area contributed by atoms with Crippen LogP contribution in [0.15, 0.2) is 0 Å². The molecule has 0 heterocycles. The standard InChI is InChI=1S/C12H27P2.2BrH.Ru/c1-11(2,3)9-13-7-8-14-10-12(4,5)6;;;/h7,13-14H,8-10H2,1-6H3;2*1H;/q-1;;;+2/p-2. The van der Waals surface area contributed by atoms with E-state index >= 15 is 0 Å². The third-order valence-corrected chi connectivity index (χ3v) is 5.65. The van der Waals surface area contributed by atoms with Crippen LogP contribution in [0.1, 0.15) is 41.5 Å². The molecule has 0 aliphatic carbocycles. The predicted molar refractivity (Wildman–Crippen MR) is 92.3 cm³/mol. The monoisotopic (exact) mass is 493 g/mol. The Kier molecular flexibility index (Phi) is 15.6. The van der Waals surface area contributed by atoms with E-state index in [2.05, 4.69) is 75.0 Å². The summed E-state index contributed by atoms with van der Waals surface area (Å²) in [5, 5.41) is 0. The number of hydrogen-bond donors (Lipinski definition) is 0. The Morgan fingerprint density at radius 1 is 0.941 bits per heavy atom. The molecular formula is C12H27Br2P2Ru-. The molecule has 0 saturated heterocycles. The van der Waals surface area contributed by atoms with Crippen molar-refractivity contribution in [2.45, 2.75) is 41.5 Å². The molecule has 0 aromatic carbocycles. The van der Waals surface area contributed by atoms with E-state index in [-0.39, 0.29) is 0 Å². The number of halogens is 2. The van der Waals surface area contributed by atoms with E-state index in [1.165, 1.54) is 18.5 Å². The second-order valence-electron chi connectivity index (χ2n) is 6.39. The van der Waals surface area contributed by atoms with Gasteiger partial charge in [-0.05, 0) is 17.0 Å². The summed E-state index contributed by atoms with van der Waals surface area (Å²) in [7, 11) is 2.19. The molecular weight excluding hydrogens is 467 g/mol. The van der Waals surface area contributed by atoms with Crippen LogP contribution in [-0.2, 0) is 13.2 Å². The van der Waals surface area contributed by atoms with Crippen LogP contribution in [0.5, 0.6) is 0 Å². The molecule has 17 heavy (non-hydrogen) atoms. The van der Waals surface area contributed by atoms with E-state index in [0.717, 1.165) is 17.2 Å². The molecule has 0 fully saturated rings. The zero-order chi connectivity index (χ0) is 13.9. The van der Waals surface area contributed by atoms with Crippen LogP contribution in [0.2, 0.25) is 0 Å². The Hall–Kier alpha value is 2.44. The quantitative estimate of drug-likeness (QED) is 0.183. The van der Waals surface area contributed by atoms with Gasteiger partial charge in [-0.2, -0.15) is 14.7 Å². The zero-order valence-electron chi connectivity index (χ0n) is 11.8. The summed E-state index contributed by atoms with van der Waals surface area (Å²) in [4.78, 5) is 0. The van der Waals surface area contributed by atoms with E-state index < -0.39 is 0 Å². The van der Waals surface area contributed by atoms with E-state index in [0.29, 0.717) is 24.0 Å². The summed E-state index contributed by atoms with van der Waals surface area (Å²) in [6.45, 7) is 14.0. The molecule has 0 aromatic heterocycles. The van der Waals surface area contributed by atoms with Crippen molar-refractivity contribution in [1.29, 1.82) is 0 Å². The van der Waals surface area contributed by atoms with Gasteiger partial charge in [-0.15, -0.1) is 0 Å². The third kappa shape index (κ3) is 27.6. The summed E-state index contributed by atoms with van der Waals surface area (Å²) >= 11 is 6.64. The molecule has 0 radical (unpaired) electrons. The molecule has 108 valence electrons. The summed E-state index contributed by atoms with van der Waals surface area (Å²) < 4.78 is 0. The van der Waals surface area contributed by atoms with Gasteiger partial charge in [0.15, 0.2) is 0 Å². The fourth-order valence-electron chi connectivity index (χ4n) is 0.970. The molecule has 0 N–H and O–H groups in total. The fraction of sp³-hybridized carbons (Fsp3) is 0.917. The van der Waals surface area contributed by atoms with Gasteiger partial charge in [0.25, 0.3) is 0 Å². The molecule has 0 saturated carbocycles. The molecule has 0 aliphatic heterocycles. The van der Waals surface area contributed by atoms with Crippen LogP contribution in [0.4, 0.5) is 0 Å². The van der Waals surface area contributed by atoms with Crippen LogP contribution in [0.25, 0.3) is 0 Å². The molecule has 2 unspecified atom stereocenters. The number of rotatable bonds is 5. The second kappa shape index (κ2) is 12.2. The molecule has 2 atom stereocenters. The van der Waals surface area contributed by atoms with Crippen molar-refractivity contribution >= 4 is 44.4 Å². The van der Waals surface area contributed by atoms with E-state index in [1.54, 1.807) is 0 Å². The molecule has 0 spiro atoms. The first kappa shape index (κ1) is 21.7. The predicted octanol–water partition coefficient (Wildman–Crippen LogP) is 6.29. The van der Waals surface area contributed by atoms with Crippen molar-refractivity contribution in [2.75, 3.05) is 18.5 Å². The van der Waals surface area contributed by atoms with Gasteiger partial charge >= 0.3 is 40.5 Å². The Morgan fingerprint density at radius 3 is 1.71 bits per heavy atom.